The lowest BCUT2D eigenvalue weighted by atomic mass is 9.76. The van der Waals surface area contributed by atoms with Crippen molar-refractivity contribution >= 4 is 22.6 Å². The van der Waals surface area contributed by atoms with Crippen LogP contribution in [0.15, 0.2) is 0 Å². The third-order valence-corrected chi connectivity index (χ3v) is 5.32. The first-order valence-corrected chi connectivity index (χ1v) is 6.53. The molecule has 0 saturated heterocycles. The highest BCUT2D eigenvalue weighted by Crippen LogP contribution is 2.38. The van der Waals surface area contributed by atoms with Crippen LogP contribution in [-0.2, 0) is 0 Å². The Labute approximate surface area is 90.6 Å². The van der Waals surface area contributed by atoms with Gasteiger partial charge in [0.2, 0.25) is 0 Å². The summed E-state index contributed by atoms with van der Waals surface area (Å²) in [5.74, 6) is 2.94. The minimum absolute atomic E-state index is 0.940. The summed E-state index contributed by atoms with van der Waals surface area (Å²) in [7, 11) is 0. The number of hydrogen-bond donors (Lipinski definition) is 0. The maximum Gasteiger partial charge on any atom is 0.0138 e. The monoisotopic (exact) mass is 280 g/mol. The van der Waals surface area contributed by atoms with Crippen molar-refractivity contribution in [2.24, 2.45) is 17.8 Å². The standard InChI is InChI=1S/C11H21I/c1-4-8(2)10-6-5-9(3)11(12)7-10/h8-11H,4-7H2,1-3H3. The summed E-state index contributed by atoms with van der Waals surface area (Å²) in [5.41, 5.74) is 0. The van der Waals surface area contributed by atoms with Gasteiger partial charge in [-0.15, -0.1) is 0 Å². The predicted molar refractivity (Wildman–Crippen MR) is 63.8 cm³/mol. The van der Waals surface area contributed by atoms with Crippen molar-refractivity contribution in [3.8, 4) is 0 Å². The van der Waals surface area contributed by atoms with E-state index in [1.54, 1.807) is 0 Å². The number of rotatable bonds is 2. The Morgan fingerprint density at radius 2 is 2.08 bits per heavy atom. The quantitative estimate of drug-likeness (QED) is 0.523. The Hall–Kier alpha value is 0.730. The van der Waals surface area contributed by atoms with Crippen LogP contribution in [0, 0.1) is 17.8 Å². The second kappa shape index (κ2) is 4.83. The molecule has 4 atom stereocenters. The Kier molecular flexibility index (Phi) is 4.35. The summed E-state index contributed by atoms with van der Waals surface area (Å²) in [6, 6.07) is 0. The van der Waals surface area contributed by atoms with Gasteiger partial charge in [0.15, 0.2) is 0 Å². The summed E-state index contributed by atoms with van der Waals surface area (Å²) in [6.45, 7) is 7.15. The zero-order valence-electron chi connectivity index (χ0n) is 8.52. The van der Waals surface area contributed by atoms with Gasteiger partial charge >= 0.3 is 0 Å². The molecule has 0 radical (unpaired) electrons. The SMILES string of the molecule is CCC(C)C1CCC(C)C(I)C1. The Balaban J connectivity index is 2.39. The molecule has 1 fully saturated rings. The molecule has 0 heterocycles. The maximum absolute atomic E-state index is 2.65. The van der Waals surface area contributed by atoms with Crippen LogP contribution in [0.25, 0.3) is 0 Å². The summed E-state index contributed by atoms with van der Waals surface area (Å²) in [5, 5.41) is 0. The second-order valence-electron chi connectivity index (χ2n) is 4.45. The van der Waals surface area contributed by atoms with Gasteiger partial charge in [0.1, 0.15) is 0 Å². The zero-order valence-corrected chi connectivity index (χ0v) is 10.7. The van der Waals surface area contributed by atoms with Gasteiger partial charge in [0.05, 0.1) is 0 Å². The normalized spacial score (nSPS) is 39.5. The van der Waals surface area contributed by atoms with Gasteiger partial charge in [0, 0.05) is 3.92 Å². The first kappa shape index (κ1) is 10.8. The smallest absolute Gasteiger partial charge is 0.0138 e. The highest BCUT2D eigenvalue weighted by molar-refractivity contribution is 14.1. The fourth-order valence-electron chi connectivity index (χ4n) is 2.15. The summed E-state index contributed by atoms with van der Waals surface area (Å²) in [4.78, 5) is 0. The molecular weight excluding hydrogens is 259 g/mol. The number of halogens is 1. The lowest BCUT2D eigenvalue weighted by Crippen LogP contribution is -2.26. The highest BCUT2D eigenvalue weighted by Gasteiger charge is 2.27. The van der Waals surface area contributed by atoms with Crippen molar-refractivity contribution < 1.29 is 0 Å². The van der Waals surface area contributed by atoms with Crippen LogP contribution in [0.4, 0.5) is 0 Å². The fourth-order valence-corrected chi connectivity index (χ4v) is 3.16. The lowest BCUT2D eigenvalue weighted by Gasteiger charge is -2.34. The van der Waals surface area contributed by atoms with E-state index in [0.717, 1.165) is 21.7 Å². The van der Waals surface area contributed by atoms with E-state index in [0.29, 0.717) is 0 Å². The molecule has 0 aromatic rings. The van der Waals surface area contributed by atoms with Gasteiger partial charge < -0.3 is 0 Å². The molecule has 1 aliphatic rings. The molecule has 0 bridgehead atoms. The zero-order chi connectivity index (χ0) is 9.14. The van der Waals surface area contributed by atoms with E-state index in [9.17, 15) is 0 Å². The molecule has 0 aromatic heterocycles. The topological polar surface area (TPSA) is 0 Å². The van der Waals surface area contributed by atoms with Gasteiger partial charge in [-0.2, -0.15) is 0 Å². The molecule has 12 heavy (non-hydrogen) atoms. The molecule has 0 amide bonds. The van der Waals surface area contributed by atoms with Crippen LogP contribution >= 0.6 is 22.6 Å². The van der Waals surface area contributed by atoms with Crippen LogP contribution in [-0.4, -0.2) is 3.92 Å². The summed E-state index contributed by atoms with van der Waals surface area (Å²) < 4.78 is 0.940. The second-order valence-corrected chi connectivity index (χ2v) is 6.05. The van der Waals surface area contributed by atoms with E-state index in [2.05, 4.69) is 43.4 Å². The molecular formula is C11H21I. The molecule has 0 spiro atoms. The average Bonchev–Trinajstić information content (AvgIpc) is 2.08. The van der Waals surface area contributed by atoms with E-state index in [1.807, 2.05) is 0 Å². The van der Waals surface area contributed by atoms with E-state index >= 15 is 0 Å². The molecule has 0 aromatic carbocycles. The van der Waals surface area contributed by atoms with Gasteiger partial charge in [-0.3, -0.25) is 0 Å². The first-order valence-electron chi connectivity index (χ1n) is 5.29. The molecule has 1 heteroatoms. The minimum Gasteiger partial charge on any atom is -0.0823 e. The van der Waals surface area contributed by atoms with Crippen molar-refractivity contribution in [2.45, 2.75) is 50.4 Å². The molecule has 1 aliphatic carbocycles. The molecule has 0 N–H and O–H groups in total. The van der Waals surface area contributed by atoms with Crippen molar-refractivity contribution in [3.05, 3.63) is 0 Å². The first-order chi connectivity index (χ1) is 5.65. The molecule has 0 nitrogen and oxygen atoms in total. The molecule has 1 saturated carbocycles. The number of alkyl halides is 1. The molecule has 0 aliphatic heterocycles. The van der Waals surface area contributed by atoms with Gasteiger partial charge in [-0.05, 0) is 37.0 Å². The van der Waals surface area contributed by atoms with Gasteiger partial charge in [0.25, 0.3) is 0 Å². The lowest BCUT2D eigenvalue weighted by molar-refractivity contribution is 0.232. The van der Waals surface area contributed by atoms with E-state index in [1.165, 1.54) is 25.7 Å². The van der Waals surface area contributed by atoms with Crippen molar-refractivity contribution in [1.82, 2.24) is 0 Å². The third-order valence-electron chi connectivity index (χ3n) is 3.59. The van der Waals surface area contributed by atoms with Crippen molar-refractivity contribution in [1.29, 1.82) is 0 Å². The van der Waals surface area contributed by atoms with E-state index < -0.39 is 0 Å². The maximum atomic E-state index is 2.65. The Bertz CT molecular complexity index is 133. The van der Waals surface area contributed by atoms with Gasteiger partial charge in [-0.1, -0.05) is 49.8 Å². The average molecular weight is 280 g/mol. The van der Waals surface area contributed by atoms with Crippen molar-refractivity contribution in [3.63, 3.8) is 0 Å². The minimum atomic E-state index is 0.940. The third kappa shape index (κ3) is 2.61. The highest BCUT2D eigenvalue weighted by atomic mass is 127. The Morgan fingerprint density at radius 1 is 1.42 bits per heavy atom. The van der Waals surface area contributed by atoms with Crippen LogP contribution in [0.1, 0.15) is 46.5 Å². The summed E-state index contributed by atoms with van der Waals surface area (Å²) in [6.07, 6.45) is 5.78. The largest absolute Gasteiger partial charge is 0.0823 e. The summed E-state index contributed by atoms with van der Waals surface area (Å²) >= 11 is 2.65. The van der Waals surface area contributed by atoms with Crippen LogP contribution in [0.3, 0.4) is 0 Å². The van der Waals surface area contributed by atoms with Crippen LogP contribution < -0.4 is 0 Å². The molecule has 1 rings (SSSR count). The van der Waals surface area contributed by atoms with E-state index in [-0.39, 0.29) is 0 Å². The van der Waals surface area contributed by atoms with Crippen LogP contribution in [0.2, 0.25) is 0 Å². The van der Waals surface area contributed by atoms with Crippen LogP contribution in [0.5, 0.6) is 0 Å². The van der Waals surface area contributed by atoms with Crippen molar-refractivity contribution in [2.75, 3.05) is 0 Å². The fraction of sp³-hybridized carbons (Fsp3) is 1.00. The predicted octanol–water partition coefficient (Wildman–Crippen LogP) is 4.27. The molecule has 72 valence electrons. The Morgan fingerprint density at radius 3 is 2.58 bits per heavy atom. The van der Waals surface area contributed by atoms with Gasteiger partial charge in [-0.25, -0.2) is 0 Å². The number of hydrogen-bond acceptors (Lipinski definition) is 0. The van der Waals surface area contributed by atoms with E-state index in [4.69, 9.17) is 0 Å². The molecule has 4 unspecified atom stereocenters.